The minimum atomic E-state index is -0.551. The minimum Gasteiger partial charge on any atom is -0.465 e. The number of hydrazone groups is 1. The van der Waals surface area contributed by atoms with E-state index in [1.54, 1.807) is 24.3 Å². The highest BCUT2D eigenvalue weighted by Gasteiger charge is 2.13. The molecular weight excluding hydrogens is 414 g/mol. The third-order valence-electron chi connectivity index (χ3n) is 3.98. The number of hydrogen-bond acceptors (Lipinski definition) is 7. The fourth-order valence-corrected chi connectivity index (χ4v) is 2.73. The van der Waals surface area contributed by atoms with Gasteiger partial charge in [-0.05, 0) is 36.4 Å². The molecule has 0 saturated heterocycles. The van der Waals surface area contributed by atoms with Gasteiger partial charge in [0.1, 0.15) is 11.5 Å². The van der Waals surface area contributed by atoms with Crippen molar-refractivity contribution in [1.29, 1.82) is 0 Å². The Labute approximate surface area is 175 Å². The first-order valence-electron chi connectivity index (χ1n) is 8.45. The zero-order chi connectivity index (χ0) is 21.7. The maximum absolute atomic E-state index is 12.0. The molecule has 0 atom stereocenters. The molecule has 1 aromatic heterocycles. The lowest BCUT2D eigenvalue weighted by Crippen LogP contribution is -2.17. The molecule has 0 unspecified atom stereocenters. The number of nitrogens with one attached hydrogen (secondary N) is 1. The number of rotatable bonds is 6. The Morgan fingerprint density at radius 1 is 1.17 bits per heavy atom. The van der Waals surface area contributed by atoms with Crippen LogP contribution in [0.5, 0.6) is 0 Å². The number of non-ortho nitro benzene ring substituents is 1. The molecule has 1 amide bonds. The van der Waals surface area contributed by atoms with E-state index in [2.05, 4.69) is 15.3 Å². The van der Waals surface area contributed by atoms with Crippen LogP contribution in [0.3, 0.4) is 0 Å². The topological polar surface area (TPSA) is 124 Å². The van der Waals surface area contributed by atoms with E-state index < -0.39 is 16.8 Å². The number of nitro groups is 1. The van der Waals surface area contributed by atoms with Crippen molar-refractivity contribution >= 4 is 35.4 Å². The van der Waals surface area contributed by atoms with Crippen molar-refractivity contribution in [2.75, 3.05) is 7.11 Å². The van der Waals surface area contributed by atoms with Crippen molar-refractivity contribution in [3.63, 3.8) is 0 Å². The maximum Gasteiger partial charge on any atom is 0.339 e. The van der Waals surface area contributed by atoms with Crippen LogP contribution >= 0.6 is 11.6 Å². The summed E-state index contributed by atoms with van der Waals surface area (Å²) in [5.41, 5.74) is 3.30. The van der Waals surface area contributed by atoms with Gasteiger partial charge in [0, 0.05) is 23.3 Å². The Morgan fingerprint density at radius 2 is 1.90 bits per heavy atom. The van der Waals surface area contributed by atoms with Gasteiger partial charge in [-0.15, -0.1) is 0 Å². The van der Waals surface area contributed by atoms with E-state index in [0.29, 0.717) is 17.1 Å². The second kappa shape index (κ2) is 9.01. The average Bonchev–Trinajstić information content (AvgIpc) is 3.22. The molecule has 0 fully saturated rings. The standard InChI is InChI=1S/C20H14ClN3O6/c1-29-20(26)16-8-4-13(10-17(16)21)18-9-7-15(30-18)11-22-23-19(25)12-2-5-14(6-3-12)24(27)28/h2-11H,1H3,(H,23,25)/b22-11+. The van der Waals surface area contributed by atoms with Gasteiger partial charge in [0.25, 0.3) is 11.6 Å². The Hall–Kier alpha value is -3.98. The third kappa shape index (κ3) is 4.70. The lowest BCUT2D eigenvalue weighted by Gasteiger charge is -2.04. The molecule has 3 rings (SSSR count). The summed E-state index contributed by atoms with van der Waals surface area (Å²) in [5, 5.41) is 14.7. The van der Waals surface area contributed by atoms with Crippen molar-refractivity contribution in [3.05, 3.63) is 86.6 Å². The summed E-state index contributed by atoms with van der Waals surface area (Å²) in [7, 11) is 1.27. The molecule has 2 aromatic carbocycles. The first-order chi connectivity index (χ1) is 14.4. The Balaban J connectivity index is 1.66. The quantitative estimate of drug-likeness (QED) is 0.274. The highest BCUT2D eigenvalue weighted by atomic mass is 35.5. The van der Waals surface area contributed by atoms with Gasteiger partial charge in [-0.2, -0.15) is 5.10 Å². The molecule has 0 saturated carbocycles. The lowest BCUT2D eigenvalue weighted by molar-refractivity contribution is -0.384. The molecule has 0 aliphatic rings. The first kappa shape index (κ1) is 20.7. The van der Waals surface area contributed by atoms with Gasteiger partial charge in [-0.25, -0.2) is 10.2 Å². The molecule has 1 N–H and O–H groups in total. The number of carbonyl (C=O) groups is 2. The number of benzene rings is 2. The molecule has 0 radical (unpaired) electrons. The largest absolute Gasteiger partial charge is 0.465 e. The fraction of sp³-hybridized carbons (Fsp3) is 0.0500. The van der Waals surface area contributed by atoms with Crippen molar-refractivity contribution in [3.8, 4) is 11.3 Å². The summed E-state index contributed by atoms with van der Waals surface area (Å²) >= 11 is 6.11. The summed E-state index contributed by atoms with van der Waals surface area (Å²) in [4.78, 5) is 33.7. The predicted octanol–water partition coefficient (Wildman–Crippen LogP) is 4.06. The van der Waals surface area contributed by atoms with Crippen molar-refractivity contribution in [1.82, 2.24) is 5.43 Å². The van der Waals surface area contributed by atoms with Crippen molar-refractivity contribution < 1.29 is 23.7 Å². The minimum absolute atomic E-state index is 0.113. The van der Waals surface area contributed by atoms with Crippen LogP contribution in [-0.4, -0.2) is 30.1 Å². The average molecular weight is 428 g/mol. The molecule has 3 aromatic rings. The molecule has 9 nitrogen and oxygen atoms in total. The normalized spacial score (nSPS) is 10.7. The summed E-state index contributed by atoms with van der Waals surface area (Å²) in [6.07, 6.45) is 1.30. The van der Waals surface area contributed by atoms with Crippen LogP contribution in [0.15, 0.2) is 64.1 Å². The summed E-state index contributed by atoms with van der Waals surface area (Å²) in [5.74, 6) is -0.223. The molecule has 10 heteroatoms. The number of carbonyl (C=O) groups excluding carboxylic acids is 2. The molecule has 1 heterocycles. The van der Waals surface area contributed by atoms with E-state index in [1.807, 2.05) is 0 Å². The monoisotopic (exact) mass is 427 g/mol. The lowest BCUT2D eigenvalue weighted by atomic mass is 10.1. The van der Waals surface area contributed by atoms with Gasteiger partial charge in [0.15, 0.2) is 0 Å². The van der Waals surface area contributed by atoms with E-state index in [-0.39, 0.29) is 21.8 Å². The Bertz CT molecular complexity index is 1140. The van der Waals surface area contributed by atoms with Gasteiger partial charge in [-0.3, -0.25) is 14.9 Å². The van der Waals surface area contributed by atoms with Crippen LogP contribution in [0, 0.1) is 10.1 Å². The van der Waals surface area contributed by atoms with Gasteiger partial charge >= 0.3 is 5.97 Å². The van der Waals surface area contributed by atoms with Crippen LogP contribution in [-0.2, 0) is 4.74 Å². The van der Waals surface area contributed by atoms with Gasteiger partial charge < -0.3 is 9.15 Å². The van der Waals surface area contributed by atoms with Crippen LogP contribution in [0.25, 0.3) is 11.3 Å². The molecule has 0 spiro atoms. The number of nitro benzene ring substituents is 1. The number of hydrogen-bond donors (Lipinski definition) is 1. The number of methoxy groups -OCH3 is 1. The van der Waals surface area contributed by atoms with Crippen LogP contribution in [0.4, 0.5) is 5.69 Å². The Kier molecular flexibility index (Phi) is 6.23. The molecule has 0 aliphatic carbocycles. The number of ether oxygens (including phenoxy) is 1. The number of amides is 1. The molecule has 30 heavy (non-hydrogen) atoms. The number of nitrogens with zero attached hydrogens (tertiary/aromatic N) is 2. The highest BCUT2D eigenvalue weighted by molar-refractivity contribution is 6.33. The van der Waals surface area contributed by atoms with Crippen LogP contribution in [0.1, 0.15) is 26.5 Å². The van der Waals surface area contributed by atoms with E-state index >= 15 is 0 Å². The number of esters is 1. The number of halogens is 1. The van der Waals surface area contributed by atoms with Crippen LogP contribution in [0.2, 0.25) is 5.02 Å². The molecule has 0 aliphatic heterocycles. The second-order valence-electron chi connectivity index (χ2n) is 5.89. The van der Waals surface area contributed by atoms with E-state index in [4.69, 9.17) is 16.0 Å². The van der Waals surface area contributed by atoms with E-state index in [9.17, 15) is 19.7 Å². The van der Waals surface area contributed by atoms with E-state index in [1.165, 1.54) is 43.7 Å². The number of furan rings is 1. The fourth-order valence-electron chi connectivity index (χ4n) is 2.47. The Morgan fingerprint density at radius 3 is 2.53 bits per heavy atom. The molecule has 152 valence electrons. The summed E-state index contributed by atoms with van der Waals surface area (Å²) in [6.45, 7) is 0. The summed E-state index contributed by atoms with van der Waals surface area (Å²) in [6, 6.07) is 13.2. The first-order valence-corrected chi connectivity index (χ1v) is 8.83. The third-order valence-corrected chi connectivity index (χ3v) is 4.30. The predicted molar refractivity (Wildman–Crippen MR) is 109 cm³/mol. The second-order valence-corrected chi connectivity index (χ2v) is 6.30. The molecular formula is C20H14ClN3O6. The van der Waals surface area contributed by atoms with Gasteiger partial charge in [0.05, 0.1) is 28.8 Å². The highest BCUT2D eigenvalue weighted by Crippen LogP contribution is 2.27. The van der Waals surface area contributed by atoms with E-state index in [0.717, 1.165) is 0 Å². The van der Waals surface area contributed by atoms with Crippen molar-refractivity contribution in [2.45, 2.75) is 0 Å². The molecule has 0 bridgehead atoms. The summed E-state index contributed by atoms with van der Waals surface area (Å²) < 4.78 is 10.3. The van der Waals surface area contributed by atoms with Crippen LogP contribution < -0.4 is 5.43 Å². The van der Waals surface area contributed by atoms with Crippen molar-refractivity contribution in [2.24, 2.45) is 5.10 Å². The zero-order valence-electron chi connectivity index (χ0n) is 15.5. The van der Waals surface area contributed by atoms with Gasteiger partial charge in [-0.1, -0.05) is 17.7 Å². The smallest absolute Gasteiger partial charge is 0.339 e. The maximum atomic E-state index is 12.0. The van der Waals surface area contributed by atoms with Gasteiger partial charge in [0.2, 0.25) is 0 Å². The zero-order valence-corrected chi connectivity index (χ0v) is 16.3. The SMILES string of the molecule is COC(=O)c1ccc(-c2ccc(/C=N/NC(=O)c3ccc([N+](=O)[O-])cc3)o2)cc1Cl.